The quantitative estimate of drug-likeness (QED) is 0.842. The Morgan fingerprint density at radius 2 is 2.21 bits per heavy atom. The maximum absolute atomic E-state index is 12.0. The van der Waals surface area contributed by atoms with E-state index in [4.69, 9.17) is 9.47 Å². The molecule has 128 valence electrons. The van der Waals surface area contributed by atoms with Crippen LogP contribution >= 0.6 is 11.3 Å². The summed E-state index contributed by atoms with van der Waals surface area (Å²) in [5, 5.41) is 8.87. The highest BCUT2D eigenvalue weighted by atomic mass is 32.1. The van der Waals surface area contributed by atoms with Gasteiger partial charge in [0.2, 0.25) is 6.79 Å². The van der Waals surface area contributed by atoms with E-state index in [1.54, 1.807) is 11.3 Å². The van der Waals surface area contributed by atoms with E-state index in [-0.39, 0.29) is 18.9 Å². The van der Waals surface area contributed by atoms with Crippen LogP contribution < -0.4 is 20.1 Å². The molecule has 0 saturated carbocycles. The predicted octanol–water partition coefficient (Wildman–Crippen LogP) is 3.04. The molecule has 0 unspecified atom stereocenters. The Bertz CT molecular complexity index is 717. The Labute approximate surface area is 145 Å². The number of carbonyl (C=O) groups is 1. The Kier molecular flexibility index (Phi) is 5.20. The molecule has 3 rings (SSSR count). The van der Waals surface area contributed by atoms with Crippen LogP contribution in [-0.4, -0.2) is 24.4 Å². The Balaban J connectivity index is 1.44. The first-order valence-electron chi connectivity index (χ1n) is 8.03. The summed E-state index contributed by atoms with van der Waals surface area (Å²) in [6.07, 6.45) is 1.65. The Hall–Kier alpha value is -2.28. The van der Waals surface area contributed by atoms with Crippen molar-refractivity contribution >= 4 is 17.4 Å². The number of hydrogen-bond donors (Lipinski definition) is 2. The summed E-state index contributed by atoms with van der Waals surface area (Å²) in [4.78, 5) is 16.5. The maximum Gasteiger partial charge on any atom is 0.315 e. The third kappa shape index (κ3) is 3.97. The number of aryl methyl sites for hydroxylation is 1. The third-order valence-corrected chi connectivity index (χ3v) is 4.81. The van der Waals surface area contributed by atoms with E-state index >= 15 is 0 Å². The van der Waals surface area contributed by atoms with E-state index in [9.17, 15) is 4.79 Å². The number of carbonyl (C=O) groups excluding carboxylic acids is 1. The Morgan fingerprint density at radius 3 is 3.00 bits per heavy atom. The van der Waals surface area contributed by atoms with Crippen molar-refractivity contribution in [1.82, 2.24) is 15.6 Å². The summed E-state index contributed by atoms with van der Waals surface area (Å²) in [5.74, 6) is 1.54. The number of ether oxygens (including phenoxy) is 2. The number of hydrogen-bond acceptors (Lipinski definition) is 5. The van der Waals surface area contributed by atoms with Gasteiger partial charge in [0.1, 0.15) is 0 Å². The van der Waals surface area contributed by atoms with Crippen LogP contribution in [0.2, 0.25) is 0 Å². The first-order chi connectivity index (χ1) is 11.7. The number of rotatable bonds is 6. The number of benzene rings is 1. The van der Waals surface area contributed by atoms with E-state index in [0.29, 0.717) is 6.54 Å². The minimum atomic E-state index is -0.186. The molecule has 1 aromatic carbocycles. The van der Waals surface area contributed by atoms with Gasteiger partial charge in [0.25, 0.3) is 0 Å². The summed E-state index contributed by atoms with van der Waals surface area (Å²) in [6, 6.07) is 5.54. The van der Waals surface area contributed by atoms with Crippen molar-refractivity contribution in [3.05, 3.63) is 39.8 Å². The maximum atomic E-state index is 12.0. The summed E-state index contributed by atoms with van der Waals surface area (Å²) in [7, 11) is 0. The molecule has 24 heavy (non-hydrogen) atoms. The summed E-state index contributed by atoms with van der Waals surface area (Å²) in [6.45, 7) is 4.83. The molecule has 2 N–H and O–H groups in total. The number of amides is 2. The van der Waals surface area contributed by atoms with Gasteiger partial charge in [-0.2, -0.15) is 0 Å². The second kappa shape index (κ2) is 7.53. The van der Waals surface area contributed by atoms with Gasteiger partial charge < -0.3 is 20.1 Å². The lowest BCUT2D eigenvalue weighted by molar-refractivity contribution is 0.174. The first kappa shape index (κ1) is 16.6. The van der Waals surface area contributed by atoms with Crippen LogP contribution in [0.5, 0.6) is 11.5 Å². The van der Waals surface area contributed by atoms with Crippen LogP contribution in [0.3, 0.4) is 0 Å². The highest BCUT2D eigenvalue weighted by Crippen LogP contribution is 2.32. The molecule has 2 heterocycles. The molecule has 2 aromatic rings. The van der Waals surface area contributed by atoms with Crippen molar-refractivity contribution < 1.29 is 14.3 Å². The smallest absolute Gasteiger partial charge is 0.315 e. The first-order valence-corrected chi connectivity index (χ1v) is 8.91. The van der Waals surface area contributed by atoms with Gasteiger partial charge in [-0.3, -0.25) is 0 Å². The molecule has 1 atom stereocenters. The standard InChI is InChI=1S/C17H21N3O3S/c1-3-16-20-13(9-24-16)11(2)19-17(21)18-7-6-12-4-5-14-15(8-12)23-10-22-14/h4-5,8-9,11H,3,6-7,10H2,1-2H3,(H2,18,19,21)/t11-/m0/s1. The number of nitrogens with zero attached hydrogens (tertiary/aromatic N) is 1. The average Bonchev–Trinajstić information content (AvgIpc) is 3.23. The lowest BCUT2D eigenvalue weighted by Gasteiger charge is -2.13. The van der Waals surface area contributed by atoms with Crippen molar-refractivity contribution in [3.8, 4) is 11.5 Å². The molecule has 1 aliphatic heterocycles. The van der Waals surface area contributed by atoms with Crippen molar-refractivity contribution in [2.24, 2.45) is 0 Å². The van der Waals surface area contributed by atoms with Crippen molar-refractivity contribution in [3.63, 3.8) is 0 Å². The highest BCUT2D eigenvalue weighted by Gasteiger charge is 2.14. The van der Waals surface area contributed by atoms with Crippen LogP contribution in [0.25, 0.3) is 0 Å². The van der Waals surface area contributed by atoms with Crippen LogP contribution in [0.4, 0.5) is 4.79 Å². The molecular formula is C17H21N3O3S. The number of fused-ring (bicyclic) bond motifs is 1. The fourth-order valence-corrected chi connectivity index (χ4v) is 3.26. The summed E-state index contributed by atoms with van der Waals surface area (Å²) in [5.41, 5.74) is 2.00. The topological polar surface area (TPSA) is 72.5 Å². The van der Waals surface area contributed by atoms with Crippen LogP contribution in [0.1, 0.15) is 36.2 Å². The van der Waals surface area contributed by atoms with Gasteiger partial charge in [-0.25, -0.2) is 9.78 Å². The normalized spacial score (nSPS) is 13.6. The molecule has 0 spiro atoms. The zero-order valence-corrected chi connectivity index (χ0v) is 14.6. The van der Waals surface area contributed by atoms with E-state index in [1.165, 1.54) is 0 Å². The lowest BCUT2D eigenvalue weighted by atomic mass is 10.1. The predicted molar refractivity (Wildman–Crippen MR) is 92.7 cm³/mol. The molecule has 1 aliphatic rings. The van der Waals surface area contributed by atoms with Crippen molar-refractivity contribution in [2.45, 2.75) is 32.7 Å². The summed E-state index contributed by atoms with van der Waals surface area (Å²) < 4.78 is 10.6. The molecule has 0 aliphatic carbocycles. The van der Waals surface area contributed by atoms with E-state index in [0.717, 1.165) is 40.6 Å². The molecule has 7 heteroatoms. The van der Waals surface area contributed by atoms with Gasteiger partial charge >= 0.3 is 6.03 Å². The lowest BCUT2D eigenvalue weighted by Crippen LogP contribution is -2.38. The number of nitrogens with one attached hydrogen (secondary N) is 2. The van der Waals surface area contributed by atoms with Crippen LogP contribution in [0, 0.1) is 0 Å². The van der Waals surface area contributed by atoms with Gasteiger partial charge in [-0.05, 0) is 37.5 Å². The molecule has 0 fully saturated rings. The van der Waals surface area contributed by atoms with E-state index in [2.05, 4.69) is 22.5 Å². The van der Waals surface area contributed by atoms with Crippen LogP contribution in [0.15, 0.2) is 23.6 Å². The van der Waals surface area contributed by atoms with Gasteiger partial charge in [0, 0.05) is 11.9 Å². The monoisotopic (exact) mass is 347 g/mol. The van der Waals surface area contributed by atoms with Gasteiger partial charge in [0.15, 0.2) is 11.5 Å². The zero-order chi connectivity index (χ0) is 16.9. The van der Waals surface area contributed by atoms with E-state index < -0.39 is 0 Å². The second-order valence-corrected chi connectivity index (χ2v) is 6.52. The molecule has 0 saturated heterocycles. The van der Waals surface area contributed by atoms with Crippen LogP contribution in [-0.2, 0) is 12.8 Å². The summed E-state index contributed by atoms with van der Waals surface area (Å²) >= 11 is 1.62. The van der Waals surface area contributed by atoms with Gasteiger partial charge in [-0.1, -0.05) is 13.0 Å². The van der Waals surface area contributed by atoms with Gasteiger partial charge in [-0.15, -0.1) is 11.3 Å². The molecule has 6 nitrogen and oxygen atoms in total. The second-order valence-electron chi connectivity index (χ2n) is 5.58. The van der Waals surface area contributed by atoms with Crippen molar-refractivity contribution in [1.29, 1.82) is 0 Å². The largest absolute Gasteiger partial charge is 0.454 e. The van der Waals surface area contributed by atoms with Gasteiger partial charge in [0.05, 0.1) is 16.7 Å². The number of aromatic nitrogens is 1. The molecule has 0 radical (unpaired) electrons. The molecule has 0 bridgehead atoms. The Morgan fingerprint density at radius 1 is 1.38 bits per heavy atom. The molecule has 1 aromatic heterocycles. The zero-order valence-electron chi connectivity index (χ0n) is 13.8. The molecule has 2 amide bonds. The highest BCUT2D eigenvalue weighted by molar-refractivity contribution is 7.09. The fraction of sp³-hybridized carbons (Fsp3) is 0.412. The van der Waals surface area contributed by atoms with Crippen molar-refractivity contribution in [2.75, 3.05) is 13.3 Å². The minimum Gasteiger partial charge on any atom is -0.454 e. The third-order valence-electron chi connectivity index (χ3n) is 3.80. The average molecular weight is 347 g/mol. The SMILES string of the molecule is CCc1nc([C@H](C)NC(=O)NCCc2ccc3c(c2)OCO3)cs1. The number of urea groups is 1. The number of thiazole rings is 1. The minimum absolute atomic E-state index is 0.105. The fourth-order valence-electron chi connectivity index (χ4n) is 2.42. The van der Waals surface area contributed by atoms with E-state index in [1.807, 2.05) is 30.5 Å². The molecular weight excluding hydrogens is 326 g/mol.